The molecule has 2 aliphatic carbocycles. The first-order valence-electron chi connectivity index (χ1n) is 17.8. The highest BCUT2D eigenvalue weighted by molar-refractivity contribution is 5.90. The van der Waals surface area contributed by atoms with Crippen LogP contribution in [0.4, 0.5) is 0 Å². The number of aliphatic hydroxyl groups is 1. The van der Waals surface area contributed by atoms with E-state index >= 15 is 0 Å². The maximum absolute atomic E-state index is 14.3. The van der Waals surface area contributed by atoms with Crippen LogP contribution in [-0.4, -0.2) is 100 Å². The topological polar surface area (TPSA) is 200 Å². The number of carbonyl (C=O) groups excluding carboxylic acids is 6. The Bertz CT molecular complexity index is 1750. The number of ether oxygens (including phenoxy) is 7. The van der Waals surface area contributed by atoms with Crippen molar-refractivity contribution >= 4 is 35.8 Å². The number of hydrogen-bond donors (Lipinski definition) is 1. The van der Waals surface area contributed by atoms with E-state index < -0.39 is 94.5 Å². The van der Waals surface area contributed by atoms with Crippen LogP contribution in [0.2, 0.25) is 0 Å². The third-order valence-corrected chi connectivity index (χ3v) is 10.8. The van der Waals surface area contributed by atoms with E-state index in [1.54, 1.807) is 32.0 Å². The predicted octanol–water partition coefficient (Wildman–Crippen LogP) is 3.68. The lowest BCUT2D eigenvalue weighted by molar-refractivity contribution is -0.358. The molecule has 2 saturated carbocycles. The molecule has 15 nitrogen and oxygen atoms in total. The lowest BCUT2D eigenvalue weighted by Gasteiger charge is -2.67. The number of benzene rings is 1. The van der Waals surface area contributed by atoms with Gasteiger partial charge in [0.25, 0.3) is 0 Å². The third kappa shape index (κ3) is 7.18. The summed E-state index contributed by atoms with van der Waals surface area (Å²) in [6.45, 7) is 8.19. The third-order valence-electron chi connectivity index (χ3n) is 10.8. The summed E-state index contributed by atoms with van der Waals surface area (Å²) in [6, 6.07) is 11.0. The zero-order valence-electron chi connectivity index (χ0n) is 31.4. The molecule has 0 unspecified atom stereocenters. The molecule has 1 saturated heterocycles. The Hall–Kier alpha value is -4.89. The standard InChI is InChI=1S/C39H47NO14/c1-22(41)49-27-20-37(6,47)39-32(51-24(3)43)29(36(4,5)54-39)30(52-35(46)26-16-13-19-40-21-26)33(53-34(45)25-14-9-8-10-15-25)38(39,31(27)50-23(2)42)18-12-11-17-28(44)48-7/h8-10,13-16,19,21,27,29-33,47H,11-12,17-18,20H2,1-7H3/t27-,29+,30+,31-,32+,33-,37-,38-,39-/m0/s1. The summed E-state index contributed by atoms with van der Waals surface area (Å²) >= 11 is 0. The van der Waals surface area contributed by atoms with Crippen molar-refractivity contribution in [1.29, 1.82) is 0 Å². The number of methoxy groups -OCH3 is 1. The van der Waals surface area contributed by atoms with E-state index in [1.165, 1.54) is 57.6 Å². The van der Waals surface area contributed by atoms with E-state index in [0.29, 0.717) is 0 Å². The van der Waals surface area contributed by atoms with E-state index in [4.69, 9.17) is 33.2 Å². The van der Waals surface area contributed by atoms with Gasteiger partial charge in [-0.3, -0.25) is 24.2 Å². The minimum absolute atomic E-state index is 0.0420. The van der Waals surface area contributed by atoms with E-state index in [1.807, 2.05) is 0 Å². The number of aromatic nitrogens is 1. The summed E-state index contributed by atoms with van der Waals surface area (Å²) in [5.74, 6) is -5.76. The summed E-state index contributed by atoms with van der Waals surface area (Å²) in [4.78, 5) is 83.6. The van der Waals surface area contributed by atoms with Crippen molar-refractivity contribution < 1.29 is 67.0 Å². The van der Waals surface area contributed by atoms with Gasteiger partial charge in [-0.2, -0.15) is 0 Å². The SMILES string of the molecule is COC(=O)CCCC[C@]12[C@@H](OC(=O)c3ccccc3)[C@H](OC(=O)c3cccnc3)[C@@H]3[C@@H](OC(C)=O)[C@]1(OC3(C)C)[C@@](C)(O)C[C@H](OC(C)=O)[C@@H]2OC(C)=O. The average Bonchev–Trinajstić information content (AvgIpc) is 3.31. The molecular formula is C39H47NO14. The van der Waals surface area contributed by atoms with Crippen molar-refractivity contribution in [2.75, 3.05) is 7.11 Å². The van der Waals surface area contributed by atoms with Gasteiger partial charge in [0.05, 0.1) is 40.8 Å². The van der Waals surface area contributed by atoms with Crippen molar-refractivity contribution in [3.8, 4) is 0 Å². The van der Waals surface area contributed by atoms with Gasteiger partial charge in [-0.15, -0.1) is 0 Å². The normalized spacial score (nSPS) is 31.9. The van der Waals surface area contributed by atoms with Crippen molar-refractivity contribution in [3.63, 3.8) is 0 Å². The minimum Gasteiger partial charge on any atom is -0.469 e. The van der Waals surface area contributed by atoms with Crippen LogP contribution >= 0.6 is 0 Å². The number of hydrogen-bond acceptors (Lipinski definition) is 15. The molecule has 15 heteroatoms. The van der Waals surface area contributed by atoms with Crippen molar-refractivity contribution in [2.24, 2.45) is 11.3 Å². The quantitative estimate of drug-likeness (QED) is 0.187. The molecule has 1 spiro atoms. The maximum atomic E-state index is 14.3. The van der Waals surface area contributed by atoms with E-state index in [9.17, 15) is 33.9 Å². The maximum Gasteiger partial charge on any atom is 0.340 e. The second-order valence-electron chi connectivity index (χ2n) is 14.8. The Balaban J connectivity index is 1.87. The number of rotatable bonds is 12. The smallest absolute Gasteiger partial charge is 0.340 e. The van der Waals surface area contributed by atoms with Gasteiger partial charge in [-0.1, -0.05) is 24.6 Å². The first-order chi connectivity index (χ1) is 25.4. The fraction of sp³-hybridized carbons (Fsp3) is 0.564. The van der Waals surface area contributed by atoms with Gasteiger partial charge in [-0.05, 0) is 57.9 Å². The van der Waals surface area contributed by atoms with Crippen molar-refractivity contribution in [2.45, 2.75) is 121 Å². The highest BCUT2D eigenvalue weighted by Crippen LogP contribution is 2.71. The molecule has 54 heavy (non-hydrogen) atoms. The average molecular weight is 754 g/mol. The summed E-state index contributed by atoms with van der Waals surface area (Å²) in [6.07, 6.45) is -5.11. The molecule has 1 aromatic carbocycles. The van der Waals surface area contributed by atoms with Gasteiger partial charge in [0.15, 0.2) is 12.2 Å². The van der Waals surface area contributed by atoms with Crippen LogP contribution in [0.15, 0.2) is 54.9 Å². The van der Waals surface area contributed by atoms with Gasteiger partial charge in [0.1, 0.15) is 23.9 Å². The lowest BCUT2D eigenvalue weighted by atomic mass is 9.44. The van der Waals surface area contributed by atoms with Gasteiger partial charge < -0.3 is 38.3 Å². The molecule has 0 radical (unpaired) electrons. The van der Waals surface area contributed by atoms with E-state index in [2.05, 4.69) is 4.98 Å². The number of esters is 6. The van der Waals surface area contributed by atoms with Crippen LogP contribution in [0.25, 0.3) is 0 Å². The monoisotopic (exact) mass is 753 g/mol. The predicted molar refractivity (Wildman–Crippen MR) is 185 cm³/mol. The molecule has 292 valence electrons. The Kier molecular flexibility index (Phi) is 11.5. The molecule has 3 fully saturated rings. The largest absolute Gasteiger partial charge is 0.469 e. The van der Waals surface area contributed by atoms with Gasteiger partial charge in [0.2, 0.25) is 0 Å². The van der Waals surface area contributed by atoms with Crippen LogP contribution in [0.3, 0.4) is 0 Å². The summed E-state index contributed by atoms with van der Waals surface area (Å²) in [7, 11) is 1.24. The molecule has 3 aliphatic rings. The molecule has 0 amide bonds. The zero-order valence-corrected chi connectivity index (χ0v) is 31.4. The summed E-state index contributed by atoms with van der Waals surface area (Å²) < 4.78 is 42.8. The number of fused-ring (bicyclic) bond motifs is 1. The van der Waals surface area contributed by atoms with Crippen LogP contribution in [0, 0.1) is 11.3 Å². The fourth-order valence-corrected chi connectivity index (χ4v) is 9.06. The van der Waals surface area contributed by atoms with Crippen LogP contribution < -0.4 is 0 Å². The molecule has 1 aromatic heterocycles. The second-order valence-corrected chi connectivity index (χ2v) is 14.8. The minimum atomic E-state index is -2.10. The molecule has 1 aliphatic heterocycles. The first-order valence-corrected chi connectivity index (χ1v) is 17.8. The zero-order chi connectivity index (χ0) is 39.6. The molecule has 2 heterocycles. The molecular weight excluding hydrogens is 706 g/mol. The Labute approximate surface area is 312 Å². The van der Waals surface area contributed by atoms with Crippen molar-refractivity contribution in [3.05, 3.63) is 66.0 Å². The molecule has 2 bridgehead atoms. The highest BCUT2D eigenvalue weighted by atomic mass is 16.6. The lowest BCUT2D eigenvalue weighted by Crippen LogP contribution is -2.84. The summed E-state index contributed by atoms with van der Waals surface area (Å²) in [5, 5.41) is 12.9. The van der Waals surface area contributed by atoms with Gasteiger partial charge >= 0.3 is 35.8 Å². The van der Waals surface area contributed by atoms with Crippen molar-refractivity contribution in [1.82, 2.24) is 4.98 Å². The molecule has 9 atom stereocenters. The number of unbranched alkanes of at least 4 members (excludes halogenated alkanes) is 1. The van der Waals surface area contributed by atoms with E-state index in [-0.39, 0.29) is 43.2 Å². The van der Waals surface area contributed by atoms with E-state index in [0.717, 1.165) is 13.8 Å². The Morgan fingerprint density at radius 2 is 1.39 bits per heavy atom. The second kappa shape index (κ2) is 15.5. The number of carbonyl (C=O) groups is 6. The van der Waals surface area contributed by atoms with Crippen LogP contribution in [-0.2, 0) is 52.3 Å². The molecule has 5 rings (SSSR count). The molecule has 1 N–H and O–H groups in total. The number of pyridine rings is 1. The number of nitrogens with zero attached hydrogens (tertiary/aromatic N) is 1. The first kappa shape index (κ1) is 40.3. The van der Waals surface area contributed by atoms with Crippen LogP contribution in [0.5, 0.6) is 0 Å². The Morgan fingerprint density at radius 1 is 0.778 bits per heavy atom. The molecule has 2 aromatic rings. The highest BCUT2D eigenvalue weighted by Gasteiger charge is 2.88. The fourth-order valence-electron chi connectivity index (χ4n) is 9.06. The Morgan fingerprint density at radius 3 is 1.98 bits per heavy atom. The summed E-state index contributed by atoms with van der Waals surface area (Å²) in [5.41, 5.74) is -7.47. The van der Waals surface area contributed by atoms with Gasteiger partial charge in [0, 0.05) is 46.0 Å². The van der Waals surface area contributed by atoms with Gasteiger partial charge in [-0.25, -0.2) is 9.59 Å². The van der Waals surface area contributed by atoms with Crippen LogP contribution in [0.1, 0.15) is 94.4 Å².